The van der Waals surface area contributed by atoms with Crippen LogP contribution in [0.4, 0.5) is 0 Å². The van der Waals surface area contributed by atoms with E-state index in [4.69, 9.17) is 5.11 Å². The molecule has 0 rings (SSSR count). The molecule has 1 atom stereocenters. The van der Waals surface area contributed by atoms with Crippen molar-refractivity contribution in [2.24, 2.45) is 0 Å². The predicted octanol–water partition coefficient (Wildman–Crippen LogP) is 1.44. The van der Waals surface area contributed by atoms with Gasteiger partial charge in [-0.05, 0) is 6.92 Å². The highest BCUT2D eigenvalue weighted by Crippen LogP contribution is 1.93. The largest absolute Gasteiger partial charge is 0.511 e. The zero-order chi connectivity index (χ0) is 7.44. The minimum absolute atomic E-state index is 0.00463. The van der Waals surface area contributed by atoms with Gasteiger partial charge in [0.2, 0.25) is 0 Å². The van der Waals surface area contributed by atoms with Gasteiger partial charge in [-0.15, -0.1) is 0 Å². The molecule has 0 saturated heterocycles. The maximum atomic E-state index is 8.81. The summed E-state index contributed by atoms with van der Waals surface area (Å²) in [4.78, 5) is 0. The van der Waals surface area contributed by atoms with Crippen LogP contribution in [0.15, 0.2) is 12.3 Å². The average Bonchev–Trinajstić information content (AvgIpc) is 1.63. The summed E-state index contributed by atoms with van der Waals surface area (Å²) < 4.78 is 0. The van der Waals surface area contributed by atoms with Gasteiger partial charge in [0, 0.05) is 6.04 Å². The van der Waals surface area contributed by atoms with E-state index in [1.54, 1.807) is 0 Å². The summed E-state index contributed by atoms with van der Waals surface area (Å²) in [6.45, 7) is 9.33. The molecule has 0 bridgehead atoms. The number of hydrogen-bond donors (Lipinski definition) is 2. The van der Waals surface area contributed by atoms with Crippen LogP contribution in [-0.2, 0) is 0 Å². The molecule has 2 nitrogen and oxygen atoms in total. The third-order valence-corrected chi connectivity index (χ3v) is 1.08. The maximum Gasteiger partial charge on any atom is 0.102 e. The molecular formula is C7H15NO. The lowest BCUT2D eigenvalue weighted by Gasteiger charge is -2.14. The van der Waals surface area contributed by atoms with Crippen molar-refractivity contribution >= 4 is 0 Å². The minimum Gasteiger partial charge on any atom is -0.511 e. The van der Waals surface area contributed by atoms with Crippen molar-refractivity contribution in [3.63, 3.8) is 0 Å². The van der Waals surface area contributed by atoms with Crippen LogP contribution >= 0.6 is 0 Å². The summed E-state index contributed by atoms with van der Waals surface area (Å²) in [6, 6.07) is 0.397. The number of aliphatic hydroxyl groups is 1. The number of rotatable bonds is 3. The fraction of sp³-hybridized carbons (Fsp3) is 0.714. The maximum absolute atomic E-state index is 8.81. The van der Waals surface area contributed by atoms with Crippen LogP contribution in [0.2, 0.25) is 0 Å². The Hall–Kier alpha value is -0.500. The Morgan fingerprint density at radius 3 is 2.00 bits per heavy atom. The number of hydrogen-bond acceptors (Lipinski definition) is 2. The Morgan fingerprint density at radius 2 is 1.89 bits per heavy atom. The van der Waals surface area contributed by atoms with Gasteiger partial charge in [-0.2, -0.15) is 0 Å². The lowest BCUT2D eigenvalue weighted by molar-refractivity contribution is 0.341. The van der Waals surface area contributed by atoms with Crippen molar-refractivity contribution in [2.75, 3.05) is 0 Å². The highest BCUT2D eigenvalue weighted by Gasteiger charge is 2.03. The molecule has 0 aliphatic carbocycles. The lowest BCUT2D eigenvalue weighted by Crippen LogP contribution is -2.33. The van der Waals surface area contributed by atoms with E-state index in [2.05, 4.69) is 11.9 Å². The molecule has 2 N–H and O–H groups in total. The second-order valence-corrected chi connectivity index (χ2v) is 2.53. The van der Waals surface area contributed by atoms with Crippen molar-refractivity contribution in [3.05, 3.63) is 12.3 Å². The second-order valence-electron chi connectivity index (χ2n) is 2.53. The topological polar surface area (TPSA) is 32.3 Å². The van der Waals surface area contributed by atoms with Gasteiger partial charge < -0.3 is 10.4 Å². The molecule has 0 aliphatic rings. The first-order chi connectivity index (χ1) is 4.04. The first-order valence-electron chi connectivity index (χ1n) is 3.18. The molecule has 54 valence electrons. The summed E-state index contributed by atoms with van der Waals surface area (Å²) in [5, 5.41) is 11.9. The van der Waals surface area contributed by atoms with Gasteiger partial charge >= 0.3 is 0 Å². The normalized spacial score (nSPS) is 13.8. The fourth-order valence-electron chi connectivity index (χ4n) is 0.596. The molecule has 0 heterocycles. The van der Waals surface area contributed by atoms with Crippen molar-refractivity contribution in [3.8, 4) is 0 Å². The summed E-state index contributed by atoms with van der Waals surface area (Å²) in [5.74, 6) is 0.198. The highest BCUT2D eigenvalue weighted by molar-refractivity contribution is 4.91. The standard InChI is InChI=1S/C7H15NO/c1-5(2)8-6(3)7(4)9/h5-6,8-9H,4H2,1-3H3. The quantitative estimate of drug-likeness (QED) is 0.565. The molecule has 0 spiro atoms. The molecule has 0 saturated carbocycles. The summed E-state index contributed by atoms with van der Waals surface area (Å²) in [6.07, 6.45) is 0. The molecule has 0 radical (unpaired) electrons. The van der Waals surface area contributed by atoms with Gasteiger partial charge in [-0.25, -0.2) is 0 Å². The molecule has 0 aromatic heterocycles. The van der Waals surface area contributed by atoms with Gasteiger partial charge in [0.15, 0.2) is 0 Å². The molecule has 0 aromatic rings. The Bertz CT molecular complexity index is 99.1. The van der Waals surface area contributed by atoms with Gasteiger partial charge in [-0.1, -0.05) is 20.4 Å². The molecular weight excluding hydrogens is 114 g/mol. The van der Waals surface area contributed by atoms with E-state index in [0.29, 0.717) is 6.04 Å². The van der Waals surface area contributed by atoms with Crippen LogP contribution in [0.1, 0.15) is 20.8 Å². The monoisotopic (exact) mass is 129 g/mol. The van der Waals surface area contributed by atoms with E-state index in [-0.39, 0.29) is 11.8 Å². The number of aliphatic hydroxyl groups excluding tert-OH is 1. The van der Waals surface area contributed by atoms with E-state index in [0.717, 1.165) is 0 Å². The van der Waals surface area contributed by atoms with Crippen LogP contribution in [0.25, 0.3) is 0 Å². The summed E-state index contributed by atoms with van der Waals surface area (Å²) in [5.41, 5.74) is 0. The zero-order valence-corrected chi connectivity index (χ0v) is 6.31. The van der Waals surface area contributed by atoms with Crippen molar-refractivity contribution in [2.45, 2.75) is 32.9 Å². The van der Waals surface area contributed by atoms with Crippen LogP contribution in [0.3, 0.4) is 0 Å². The van der Waals surface area contributed by atoms with Gasteiger partial charge in [0.25, 0.3) is 0 Å². The Labute approximate surface area is 56.6 Å². The molecule has 1 unspecified atom stereocenters. The summed E-state index contributed by atoms with van der Waals surface area (Å²) >= 11 is 0. The van der Waals surface area contributed by atoms with Crippen LogP contribution < -0.4 is 5.32 Å². The van der Waals surface area contributed by atoms with Crippen LogP contribution in [-0.4, -0.2) is 17.2 Å². The predicted molar refractivity (Wildman–Crippen MR) is 39.5 cm³/mol. The lowest BCUT2D eigenvalue weighted by atomic mass is 10.2. The van der Waals surface area contributed by atoms with Crippen LogP contribution in [0.5, 0.6) is 0 Å². The highest BCUT2D eigenvalue weighted by atomic mass is 16.3. The second kappa shape index (κ2) is 3.51. The molecule has 0 amide bonds. The van der Waals surface area contributed by atoms with Crippen molar-refractivity contribution in [1.82, 2.24) is 5.32 Å². The first-order valence-corrected chi connectivity index (χ1v) is 3.18. The Morgan fingerprint density at radius 1 is 1.44 bits per heavy atom. The molecule has 0 fully saturated rings. The average molecular weight is 129 g/mol. The van der Waals surface area contributed by atoms with E-state index in [9.17, 15) is 0 Å². The van der Waals surface area contributed by atoms with E-state index in [1.807, 2.05) is 20.8 Å². The molecule has 9 heavy (non-hydrogen) atoms. The van der Waals surface area contributed by atoms with Crippen molar-refractivity contribution in [1.29, 1.82) is 0 Å². The minimum atomic E-state index is 0.00463. The van der Waals surface area contributed by atoms with E-state index >= 15 is 0 Å². The van der Waals surface area contributed by atoms with Crippen molar-refractivity contribution < 1.29 is 5.11 Å². The molecule has 0 aliphatic heterocycles. The third kappa shape index (κ3) is 4.03. The van der Waals surface area contributed by atoms with Gasteiger partial charge in [0.05, 0.1) is 6.04 Å². The molecule has 0 aromatic carbocycles. The number of nitrogens with one attached hydrogen (secondary N) is 1. The third-order valence-electron chi connectivity index (χ3n) is 1.08. The Kier molecular flexibility index (Phi) is 3.32. The summed E-state index contributed by atoms with van der Waals surface area (Å²) in [7, 11) is 0. The SMILES string of the molecule is C=C(O)C(C)NC(C)C. The van der Waals surface area contributed by atoms with Crippen LogP contribution in [0, 0.1) is 0 Å². The Balaban J connectivity index is 3.50. The van der Waals surface area contributed by atoms with E-state index in [1.165, 1.54) is 0 Å². The van der Waals surface area contributed by atoms with E-state index < -0.39 is 0 Å². The van der Waals surface area contributed by atoms with Gasteiger partial charge in [-0.3, -0.25) is 0 Å². The zero-order valence-electron chi connectivity index (χ0n) is 6.31. The molecule has 2 heteroatoms. The van der Waals surface area contributed by atoms with Gasteiger partial charge in [0.1, 0.15) is 5.76 Å². The fourth-order valence-corrected chi connectivity index (χ4v) is 0.596. The first kappa shape index (κ1) is 8.50. The smallest absolute Gasteiger partial charge is 0.102 e.